The minimum atomic E-state index is -0.284. The molecule has 2 aromatic heterocycles. The van der Waals surface area contributed by atoms with Crippen LogP contribution >= 0.6 is 11.6 Å². The standard InChI is InChI=1S/C12H10ClN5O/c1-7-10-11(14-17-15-12(10)19)16-18(7)6-8-4-2-3-5-9(8)13/h2-5H,6H2,1H3,(H,14,15,16,19). The summed E-state index contributed by atoms with van der Waals surface area (Å²) in [6.45, 7) is 2.31. The van der Waals surface area contributed by atoms with E-state index >= 15 is 0 Å². The first-order valence-corrected chi connectivity index (χ1v) is 6.06. The van der Waals surface area contributed by atoms with E-state index in [9.17, 15) is 4.79 Å². The lowest BCUT2D eigenvalue weighted by molar-refractivity contribution is 0.670. The van der Waals surface area contributed by atoms with E-state index in [1.54, 1.807) is 4.68 Å². The van der Waals surface area contributed by atoms with Gasteiger partial charge in [-0.25, -0.2) is 5.10 Å². The molecule has 0 atom stereocenters. The first-order chi connectivity index (χ1) is 9.16. The van der Waals surface area contributed by atoms with Crippen molar-refractivity contribution in [1.82, 2.24) is 25.2 Å². The van der Waals surface area contributed by atoms with Gasteiger partial charge in [0.25, 0.3) is 5.56 Å². The summed E-state index contributed by atoms with van der Waals surface area (Å²) in [7, 11) is 0. The summed E-state index contributed by atoms with van der Waals surface area (Å²) >= 11 is 6.12. The SMILES string of the molecule is Cc1c2c(=O)[nH]nnc2nn1Cc1ccccc1Cl. The third-order valence-electron chi connectivity index (χ3n) is 2.99. The number of H-pyrrole nitrogens is 1. The lowest BCUT2D eigenvalue weighted by Gasteiger charge is -2.05. The van der Waals surface area contributed by atoms with Crippen molar-refractivity contribution in [3.8, 4) is 0 Å². The molecule has 0 amide bonds. The Bertz CT molecular complexity index is 807. The van der Waals surface area contributed by atoms with Crippen LogP contribution < -0.4 is 5.56 Å². The zero-order chi connectivity index (χ0) is 13.4. The molecule has 0 aliphatic rings. The van der Waals surface area contributed by atoms with Gasteiger partial charge in [-0.1, -0.05) is 35.0 Å². The lowest BCUT2D eigenvalue weighted by Crippen LogP contribution is -2.09. The van der Waals surface area contributed by atoms with Gasteiger partial charge in [-0.3, -0.25) is 9.48 Å². The van der Waals surface area contributed by atoms with Gasteiger partial charge < -0.3 is 0 Å². The zero-order valence-electron chi connectivity index (χ0n) is 10.1. The first kappa shape index (κ1) is 11.9. The number of nitrogens with one attached hydrogen (secondary N) is 1. The van der Waals surface area contributed by atoms with Gasteiger partial charge in [0, 0.05) is 5.02 Å². The van der Waals surface area contributed by atoms with Gasteiger partial charge in [-0.05, 0) is 18.6 Å². The monoisotopic (exact) mass is 275 g/mol. The second-order valence-corrected chi connectivity index (χ2v) is 4.58. The summed E-state index contributed by atoms with van der Waals surface area (Å²) in [6, 6.07) is 7.52. The predicted octanol–water partition coefficient (Wildman–Crippen LogP) is 1.52. The molecular weight excluding hydrogens is 266 g/mol. The number of nitrogens with zero attached hydrogens (tertiary/aromatic N) is 4. The van der Waals surface area contributed by atoms with Crippen LogP contribution in [-0.2, 0) is 6.54 Å². The minimum absolute atomic E-state index is 0.284. The van der Waals surface area contributed by atoms with Crippen LogP contribution in [0, 0.1) is 6.92 Å². The van der Waals surface area contributed by atoms with E-state index in [-0.39, 0.29) is 5.56 Å². The Balaban J connectivity index is 2.12. The Morgan fingerprint density at radius 2 is 2.16 bits per heavy atom. The number of halogens is 1. The third-order valence-corrected chi connectivity index (χ3v) is 3.36. The topological polar surface area (TPSA) is 76.5 Å². The number of benzene rings is 1. The molecule has 19 heavy (non-hydrogen) atoms. The van der Waals surface area contributed by atoms with Crippen molar-refractivity contribution in [1.29, 1.82) is 0 Å². The fourth-order valence-electron chi connectivity index (χ4n) is 1.98. The molecule has 96 valence electrons. The van der Waals surface area contributed by atoms with Gasteiger partial charge in [-0.2, -0.15) is 0 Å². The van der Waals surface area contributed by atoms with Gasteiger partial charge in [0.1, 0.15) is 5.39 Å². The van der Waals surface area contributed by atoms with Crippen LogP contribution in [0.4, 0.5) is 0 Å². The molecule has 1 N–H and O–H groups in total. The van der Waals surface area contributed by atoms with Gasteiger partial charge >= 0.3 is 0 Å². The van der Waals surface area contributed by atoms with Crippen molar-refractivity contribution >= 4 is 22.6 Å². The molecule has 3 aromatic rings. The summed E-state index contributed by atoms with van der Waals surface area (Å²) < 4.78 is 1.70. The number of hydrogen-bond acceptors (Lipinski definition) is 4. The number of hydrogen-bond donors (Lipinski definition) is 1. The molecule has 0 spiro atoms. The number of aromatic amines is 1. The third kappa shape index (κ3) is 2.00. The average Bonchev–Trinajstić information content (AvgIpc) is 2.71. The Hall–Kier alpha value is -2.21. The summed E-state index contributed by atoms with van der Waals surface area (Å²) in [5.41, 5.74) is 1.73. The molecule has 1 aromatic carbocycles. The first-order valence-electron chi connectivity index (χ1n) is 5.68. The van der Waals surface area contributed by atoms with Crippen LogP contribution in [0.25, 0.3) is 11.0 Å². The van der Waals surface area contributed by atoms with Crippen LogP contribution in [-0.4, -0.2) is 25.2 Å². The highest BCUT2D eigenvalue weighted by Crippen LogP contribution is 2.18. The average molecular weight is 276 g/mol. The smallest absolute Gasteiger partial charge is 0.267 e. The van der Waals surface area contributed by atoms with E-state index in [0.29, 0.717) is 22.6 Å². The van der Waals surface area contributed by atoms with Crippen LogP contribution in [0.1, 0.15) is 11.3 Å². The molecule has 2 heterocycles. The summed E-state index contributed by atoms with van der Waals surface area (Å²) in [5.74, 6) is 0. The maximum absolute atomic E-state index is 11.7. The van der Waals surface area contributed by atoms with E-state index in [0.717, 1.165) is 11.3 Å². The fourth-order valence-corrected chi connectivity index (χ4v) is 2.18. The number of aryl methyl sites for hydroxylation is 1. The normalized spacial score (nSPS) is 11.1. The van der Waals surface area contributed by atoms with Gasteiger partial charge in [-0.15, -0.1) is 10.2 Å². The summed E-state index contributed by atoms with van der Waals surface area (Å²) in [6.07, 6.45) is 0. The number of rotatable bonds is 2. The highest BCUT2D eigenvalue weighted by atomic mass is 35.5. The molecule has 0 aliphatic carbocycles. The molecule has 0 radical (unpaired) electrons. The number of aromatic nitrogens is 5. The molecule has 6 nitrogen and oxygen atoms in total. The highest BCUT2D eigenvalue weighted by molar-refractivity contribution is 6.31. The van der Waals surface area contributed by atoms with Crippen molar-refractivity contribution in [2.45, 2.75) is 13.5 Å². The molecule has 0 unspecified atom stereocenters. The Labute approximate surface area is 113 Å². The second-order valence-electron chi connectivity index (χ2n) is 4.17. The molecule has 0 aliphatic heterocycles. The Kier molecular flexibility index (Phi) is 2.79. The van der Waals surface area contributed by atoms with E-state index in [4.69, 9.17) is 11.6 Å². The van der Waals surface area contributed by atoms with Crippen LogP contribution in [0.5, 0.6) is 0 Å². The maximum atomic E-state index is 11.7. The molecule has 0 fully saturated rings. The second kappa shape index (κ2) is 4.47. The van der Waals surface area contributed by atoms with Crippen LogP contribution in [0.3, 0.4) is 0 Å². The van der Waals surface area contributed by atoms with Gasteiger partial charge in [0.15, 0.2) is 0 Å². The Morgan fingerprint density at radius 1 is 1.37 bits per heavy atom. The van der Waals surface area contributed by atoms with Crippen molar-refractivity contribution in [2.75, 3.05) is 0 Å². The van der Waals surface area contributed by atoms with E-state index in [1.807, 2.05) is 31.2 Å². The van der Waals surface area contributed by atoms with Crippen molar-refractivity contribution in [3.05, 3.63) is 50.9 Å². The molecular formula is C12H10ClN5O. The van der Waals surface area contributed by atoms with Crippen molar-refractivity contribution in [3.63, 3.8) is 0 Å². The van der Waals surface area contributed by atoms with Crippen molar-refractivity contribution in [2.24, 2.45) is 0 Å². The fraction of sp³-hybridized carbons (Fsp3) is 0.167. The molecule has 0 bridgehead atoms. The van der Waals surface area contributed by atoms with E-state index in [1.165, 1.54) is 0 Å². The van der Waals surface area contributed by atoms with Crippen LogP contribution in [0.2, 0.25) is 5.02 Å². The minimum Gasteiger partial charge on any atom is -0.267 e. The summed E-state index contributed by atoms with van der Waals surface area (Å²) in [5, 5.41) is 15.0. The lowest BCUT2D eigenvalue weighted by atomic mass is 10.2. The molecule has 7 heteroatoms. The Morgan fingerprint density at radius 3 is 2.89 bits per heavy atom. The number of fused-ring (bicyclic) bond motifs is 1. The predicted molar refractivity (Wildman–Crippen MR) is 71.2 cm³/mol. The van der Waals surface area contributed by atoms with E-state index in [2.05, 4.69) is 20.5 Å². The molecule has 0 saturated carbocycles. The van der Waals surface area contributed by atoms with Crippen molar-refractivity contribution < 1.29 is 0 Å². The van der Waals surface area contributed by atoms with Crippen LogP contribution in [0.15, 0.2) is 29.1 Å². The molecule has 0 saturated heterocycles. The largest absolute Gasteiger partial charge is 0.278 e. The molecule has 3 rings (SSSR count). The zero-order valence-corrected chi connectivity index (χ0v) is 10.8. The van der Waals surface area contributed by atoms with Gasteiger partial charge in [0.05, 0.1) is 12.2 Å². The maximum Gasteiger partial charge on any atom is 0.278 e. The quantitative estimate of drug-likeness (QED) is 0.769. The van der Waals surface area contributed by atoms with E-state index < -0.39 is 0 Å². The van der Waals surface area contributed by atoms with Gasteiger partial charge in [0.2, 0.25) is 5.65 Å². The highest BCUT2D eigenvalue weighted by Gasteiger charge is 2.13. The summed E-state index contributed by atoms with van der Waals surface area (Å²) in [4.78, 5) is 11.7.